The van der Waals surface area contributed by atoms with Crippen LogP contribution in [0.3, 0.4) is 0 Å². The van der Waals surface area contributed by atoms with Crippen molar-refractivity contribution in [3.05, 3.63) is 28.7 Å². The van der Waals surface area contributed by atoms with Crippen LogP contribution in [0.15, 0.2) is 28.7 Å². The molecule has 1 aromatic rings. The van der Waals surface area contributed by atoms with Gasteiger partial charge in [0.15, 0.2) is 0 Å². The van der Waals surface area contributed by atoms with Crippen molar-refractivity contribution in [2.75, 3.05) is 12.4 Å². The minimum atomic E-state index is -0.750. The second-order valence-corrected chi connectivity index (χ2v) is 5.64. The van der Waals surface area contributed by atoms with Gasteiger partial charge in [-0.3, -0.25) is 4.79 Å². The molecule has 5 heteroatoms. The van der Waals surface area contributed by atoms with Gasteiger partial charge in [-0.2, -0.15) is 0 Å². The number of carboxylic acid groups (broad SMARTS) is 1. The van der Waals surface area contributed by atoms with E-state index in [4.69, 9.17) is 9.84 Å². The molecule has 0 bridgehead atoms. The summed E-state index contributed by atoms with van der Waals surface area (Å²) < 4.78 is 6.49. The second kappa shape index (κ2) is 7.61. The van der Waals surface area contributed by atoms with Gasteiger partial charge >= 0.3 is 5.97 Å². The Hall–Kier alpha value is -0.680. The van der Waals surface area contributed by atoms with E-state index in [1.165, 1.54) is 11.8 Å². The quantitative estimate of drug-likeness (QED) is 0.782. The van der Waals surface area contributed by atoms with Gasteiger partial charge in [0.05, 0.1) is 6.61 Å². The third-order valence-electron chi connectivity index (χ3n) is 2.11. The van der Waals surface area contributed by atoms with Crippen molar-refractivity contribution < 1.29 is 14.6 Å². The number of carbonyl (C=O) groups is 1. The van der Waals surface area contributed by atoms with E-state index in [2.05, 4.69) is 15.9 Å². The Balaban J connectivity index is 2.26. The summed E-state index contributed by atoms with van der Waals surface area (Å²) in [5, 5.41) is 8.53. The molecule has 0 saturated heterocycles. The Morgan fingerprint density at radius 1 is 1.59 bits per heavy atom. The number of aliphatic carboxylic acids is 1. The highest BCUT2D eigenvalue weighted by Gasteiger charge is 2.14. The third kappa shape index (κ3) is 5.46. The molecule has 0 saturated carbocycles. The van der Waals surface area contributed by atoms with Gasteiger partial charge in [0.25, 0.3) is 0 Å². The van der Waals surface area contributed by atoms with Crippen LogP contribution in [0.25, 0.3) is 0 Å². The van der Waals surface area contributed by atoms with Crippen LogP contribution in [0, 0.1) is 0 Å². The van der Waals surface area contributed by atoms with Gasteiger partial charge < -0.3 is 9.84 Å². The van der Waals surface area contributed by atoms with E-state index in [1.54, 1.807) is 0 Å². The Labute approximate surface area is 114 Å². The standard InChI is InChI=1S/C12H15BrO3S/c1-2-11(12(14)15)17-7-6-16-10-5-3-4-9(13)8-10/h3-5,8,11H,2,6-7H2,1H3,(H,14,15). The molecule has 0 radical (unpaired) electrons. The maximum atomic E-state index is 10.8. The predicted octanol–water partition coefficient (Wildman–Crippen LogP) is 3.42. The molecular weight excluding hydrogens is 304 g/mol. The lowest BCUT2D eigenvalue weighted by Crippen LogP contribution is -2.16. The molecule has 1 atom stereocenters. The van der Waals surface area contributed by atoms with Gasteiger partial charge in [0.1, 0.15) is 11.0 Å². The number of carboxylic acids is 1. The molecule has 3 nitrogen and oxygen atoms in total. The van der Waals surface area contributed by atoms with Crippen molar-refractivity contribution in [2.24, 2.45) is 0 Å². The summed E-state index contributed by atoms with van der Waals surface area (Å²) in [7, 11) is 0. The van der Waals surface area contributed by atoms with Crippen molar-refractivity contribution >= 4 is 33.7 Å². The monoisotopic (exact) mass is 318 g/mol. The van der Waals surface area contributed by atoms with Crippen molar-refractivity contribution in [3.8, 4) is 5.75 Å². The average Bonchev–Trinajstić information content (AvgIpc) is 2.28. The molecule has 1 rings (SSSR count). The van der Waals surface area contributed by atoms with Crippen molar-refractivity contribution in [1.82, 2.24) is 0 Å². The second-order valence-electron chi connectivity index (χ2n) is 3.41. The number of hydrogen-bond donors (Lipinski definition) is 1. The first-order valence-electron chi connectivity index (χ1n) is 5.36. The fourth-order valence-electron chi connectivity index (χ4n) is 1.27. The first-order valence-corrected chi connectivity index (χ1v) is 7.20. The van der Waals surface area contributed by atoms with Crippen LogP contribution >= 0.6 is 27.7 Å². The molecule has 0 spiro atoms. The lowest BCUT2D eigenvalue weighted by molar-refractivity contribution is -0.136. The molecule has 0 aromatic heterocycles. The maximum absolute atomic E-state index is 10.8. The fraction of sp³-hybridized carbons (Fsp3) is 0.417. The van der Waals surface area contributed by atoms with Crippen LogP contribution in [0.1, 0.15) is 13.3 Å². The summed E-state index contributed by atoms with van der Waals surface area (Å²) >= 11 is 4.78. The largest absolute Gasteiger partial charge is 0.493 e. The molecule has 94 valence electrons. The van der Waals surface area contributed by atoms with E-state index in [0.29, 0.717) is 18.8 Å². The molecule has 0 amide bonds. The molecule has 1 aromatic carbocycles. The van der Waals surface area contributed by atoms with E-state index >= 15 is 0 Å². The van der Waals surface area contributed by atoms with E-state index in [0.717, 1.165) is 10.2 Å². The molecule has 1 N–H and O–H groups in total. The molecule has 0 fully saturated rings. The lowest BCUT2D eigenvalue weighted by Gasteiger charge is -2.10. The van der Waals surface area contributed by atoms with Crippen molar-refractivity contribution in [2.45, 2.75) is 18.6 Å². The number of benzene rings is 1. The Kier molecular flexibility index (Phi) is 6.44. The molecule has 0 aliphatic carbocycles. The Morgan fingerprint density at radius 3 is 2.94 bits per heavy atom. The maximum Gasteiger partial charge on any atom is 0.316 e. The molecule has 1 unspecified atom stereocenters. The molecule has 17 heavy (non-hydrogen) atoms. The summed E-state index contributed by atoms with van der Waals surface area (Å²) in [6, 6.07) is 7.60. The Morgan fingerprint density at radius 2 is 2.35 bits per heavy atom. The zero-order chi connectivity index (χ0) is 12.7. The van der Waals surface area contributed by atoms with Crippen LogP contribution in [-0.4, -0.2) is 28.7 Å². The smallest absolute Gasteiger partial charge is 0.316 e. The summed E-state index contributed by atoms with van der Waals surface area (Å²) in [5.41, 5.74) is 0. The molecule has 0 aliphatic rings. The highest BCUT2D eigenvalue weighted by Crippen LogP contribution is 2.19. The summed E-state index contributed by atoms with van der Waals surface area (Å²) in [6.07, 6.45) is 0.636. The van der Waals surface area contributed by atoms with Crippen LogP contribution in [-0.2, 0) is 4.79 Å². The molecule has 0 heterocycles. The number of halogens is 1. The minimum Gasteiger partial charge on any atom is -0.493 e. The van der Waals surface area contributed by atoms with E-state index in [1.807, 2.05) is 31.2 Å². The molecular formula is C12H15BrO3S. The SMILES string of the molecule is CCC(SCCOc1cccc(Br)c1)C(=O)O. The highest BCUT2D eigenvalue weighted by molar-refractivity contribution is 9.10. The fourth-order valence-corrected chi connectivity index (χ4v) is 2.49. The van der Waals surface area contributed by atoms with Gasteiger partial charge in [-0.15, -0.1) is 11.8 Å². The third-order valence-corrected chi connectivity index (χ3v) is 3.95. The van der Waals surface area contributed by atoms with Crippen LogP contribution in [0.5, 0.6) is 5.75 Å². The zero-order valence-corrected chi connectivity index (χ0v) is 12.0. The van der Waals surface area contributed by atoms with Crippen LogP contribution < -0.4 is 4.74 Å². The van der Waals surface area contributed by atoms with Crippen molar-refractivity contribution in [3.63, 3.8) is 0 Å². The Bertz CT molecular complexity index is 371. The van der Waals surface area contributed by atoms with Crippen LogP contribution in [0.4, 0.5) is 0 Å². The van der Waals surface area contributed by atoms with Gasteiger partial charge in [0.2, 0.25) is 0 Å². The lowest BCUT2D eigenvalue weighted by atomic mass is 10.3. The summed E-state index contributed by atoms with van der Waals surface area (Å²) in [4.78, 5) is 10.8. The van der Waals surface area contributed by atoms with Gasteiger partial charge in [-0.05, 0) is 24.6 Å². The van der Waals surface area contributed by atoms with E-state index < -0.39 is 5.97 Å². The highest BCUT2D eigenvalue weighted by atomic mass is 79.9. The van der Waals surface area contributed by atoms with E-state index in [9.17, 15) is 4.79 Å². The first kappa shape index (κ1) is 14.4. The van der Waals surface area contributed by atoms with E-state index in [-0.39, 0.29) is 5.25 Å². The van der Waals surface area contributed by atoms with Gasteiger partial charge in [-0.1, -0.05) is 28.9 Å². The first-order chi connectivity index (χ1) is 8.13. The molecule has 0 aliphatic heterocycles. The summed E-state index contributed by atoms with van der Waals surface area (Å²) in [6.45, 7) is 2.39. The van der Waals surface area contributed by atoms with Gasteiger partial charge in [-0.25, -0.2) is 0 Å². The van der Waals surface area contributed by atoms with Crippen molar-refractivity contribution in [1.29, 1.82) is 0 Å². The minimum absolute atomic E-state index is 0.332. The number of rotatable bonds is 7. The number of thioether (sulfide) groups is 1. The average molecular weight is 319 g/mol. The number of ether oxygens (including phenoxy) is 1. The van der Waals surface area contributed by atoms with Crippen LogP contribution in [0.2, 0.25) is 0 Å². The normalized spacial score (nSPS) is 12.1. The number of hydrogen-bond acceptors (Lipinski definition) is 3. The summed E-state index contributed by atoms with van der Waals surface area (Å²) in [5.74, 6) is 0.723. The predicted molar refractivity (Wildman–Crippen MR) is 73.8 cm³/mol. The topological polar surface area (TPSA) is 46.5 Å². The zero-order valence-electron chi connectivity index (χ0n) is 9.56. The van der Waals surface area contributed by atoms with Gasteiger partial charge in [0, 0.05) is 10.2 Å².